The number of hydrogen-bond donors (Lipinski definition) is 2. The van der Waals surface area contributed by atoms with Gasteiger partial charge in [0.25, 0.3) is 0 Å². The second kappa shape index (κ2) is 7.61. The molecule has 0 heterocycles. The number of carbonyl (C=O) groups excluding carboxylic acids is 1. The first kappa shape index (κ1) is 16.9. The summed E-state index contributed by atoms with van der Waals surface area (Å²) >= 11 is 0. The number of nitrogens with one attached hydrogen (secondary N) is 1. The van der Waals surface area contributed by atoms with Crippen LogP contribution in [0, 0.1) is 11.7 Å². The molecule has 6 heteroatoms. The van der Waals surface area contributed by atoms with Gasteiger partial charge in [-0.05, 0) is 31.0 Å². The van der Waals surface area contributed by atoms with Crippen molar-refractivity contribution in [2.24, 2.45) is 5.92 Å². The molecule has 1 aromatic rings. The molecule has 5 nitrogen and oxygen atoms in total. The minimum Gasteiger partial charge on any atom is -0.478 e. The molecule has 0 aliphatic carbocycles. The Morgan fingerprint density at radius 2 is 2.05 bits per heavy atom. The van der Waals surface area contributed by atoms with Crippen LogP contribution in [0.2, 0.25) is 0 Å². The molecule has 1 rings (SSSR count). The molecule has 0 spiro atoms. The zero-order valence-electron chi connectivity index (χ0n) is 12.5. The molecule has 21 heavy (non-hydrogen) atoms. The number of carboxylic acid groups (broad SMARTS) is 1. The van der Waals surface area contributed by atoms with Crippen LogP contribution in [-0.4, -0.2) is 35.1 Å². The Morgan fingerprint density at radius 3 is 2.52 bits per heavy atom. The van der Waals surface area contributed by atoms with Crippen molar-refractivity contribution < 1.29 is 19.1 Å². The van der Waals surface area contributed by atoms with Crippen molar-refractivity contribution in [1.82, 2.24) is 4.90 Å². The third kappa shape index (κ3) is 4.73. The zero-order chi connectivity index (χ0) is 16.0. The minimum absolute atomic E-state index is 0.241. The topological polar surface area (TPSA) is 69.6 Å². The number of urea groups is 1. The van der Waals surface area contributed by atoms with E-state index < -0.39 is 17.3 Å². The number of benzene rings is 1. The third-order valence-corrected chi connectivity index (χ3v) is 3.35. The lowest BCUT2D eigenvalue weighted by Gasteiger charge is -2.24. The summed E-state index contributed by atoms with van der Waals surface area (Å²) in [5, 5.41) is 11.3. The number of halogens is 1. The fraction of sp³-hybridized carbons (Fsp3) is 0.467. The number of hydrogen-bond acceptors (Lipinski definition) is 2. The van der Waals surface area contributed by atoms with Crippen LogP contribution in [0.15, 0.2) is 18.2 Å². The van der Waals surface area contributed by atoms with Crippen molar-refractivity contribution >= 4 is 17.7 Å². The van der Waals surface area contributed by atoms with Crippen molar-refractivity contribution in [3.8, 4) is 0 Å². The van der Waals surface area contributed by atoms with Gasteiger partial charge in [-0.1, -0.05) is 20.3 Å². The number of aromatic carboxylic acids is 1. The van der Waals surface area contributed by atoms with E-state index in [0.29, 0.717) is 19.0 Å². The predicted octanol–water partition coefficient (Wildman–Crippen LogP) is 3.42. The van der Waals surface area contributed by atoms with E-state index in [1.807, 2.05) is 6.92 Å². The van der Waals surface area contributed by atoms with Gasteiger partial charge < -0.3 is 15.3 Å². The van der Waals surface area contributed by atoms with Gasteiger partial charge in [0.1, 0.15) is 5.82 Å². The molecule has 0 aliphatic heterocycles. The molecule has 0 fully saturated rings. The van der Waals surface area contributed by atoms with Gasteiger partial charge in [0, 0.05) is 18.8 Å². The quantitative estimate of drug-likeness (QED) is 0.845. The Labute approximate surface area is 123 Å². The van der Waals surface area contributed by atoms with Crippen molar-refractivity contribution in [3.05, 3.63) is 29.6 Å². The summed E-state index contributed by atoms with van der Waals surface area (Å²) in [6.45, 7) is 7.14. The smallest absolute Gasteiger partial charge is 0.338 e. The Bertz CT molecular complexity index is 520. The average Bonchev–Trinajstić information content (AvgIpc) is 2.43. The molecule has 1 atom stereocenters. The minimum atomic E-state index is -1.34. The first-order valence-corrected chi connectivity index (χ1v) is 6.97. The number of rotatable bonds is 6. The maximum Gasteiger partial charge on any atom is 0.338 e. The third-order valence-electron chi connectivity index (χ3n) is 3.35. The maximum atomic E-state index is 13.6. The van der Waals surface area contributed by atoms with E-state index in [1.54, 1.807) is 4.90 Å². The Kier molecular flexibility index (Phi) is 6.14. The van der Waals surface area contributed by atoms with Crippen LogP contribution >= 0.6 is 0 Å². The second-order valence-corrected chi connectivity index (χ2v) is 4.98. The summed E-state index contributed by atoms with van der Waals surface area (Å²) in [6, 6.07) is 3.21. The van der Waals surface area contributed by atoms with Gasteiger partial charge in [-0.2, -0.15) is 0 Å². The highest BCUT2D eigenvalue weighted by Gasteiger charge is 2.16. The molecule has 0 aromatic heterocycles. The molecule has 1 aromatic carbocycles. The Hall–Kier alpha value is -2.11. The molecule has 1 unspecified atom stereocenters. The molecule has 2 N–H and O–H groups in total. The van der Waals surface area contributed by atoms with Crippen molar-refractivity contribution in [1.29, 1.82) is 0 Å². The lowest BCUT2D eigenvalue weighted by Crippen LogP contribution is -2.37. The van der Waals surface area contributed by atoms with E-state index in [4.69, 9.17) is 5.11 Å². The van der Waals surface area contributed by atoms with Crippen molar-refractivity contribution in [2.45, 2.75) is 27.2 Å². The largest absolute Gasteiger partial charge is 0.478 e. The zero-order valence-corrected chi connectivity index (χ0v) is 12.5. The van der Waals surface area contributed by atoms with Gasteiger partial charge in [-0.3, -0.25) is 0 Å². The highest BCUT2D eigenvalue weighted by molar-refractivity contribution is 5.91. The molecule has 2 amide bonds. The fourth-order valence-electron chi connectivity index (χ4n) is 1.83. The molecular weight excluding hydrogens is 275 g/mol. The van der Waals surface area contributed by atoms with Gasteiger partial charge in [-0.15, -0.1) is 0 Å². The maximum absolute atomic E-state index is 13.6. The number of anilines is 1. The van der Waals surface area contributed by atoms with Crippen LogP contribution in [-0.2, 0) is 0 Å². The van der Waals surface area contributed by atoms with Crippen molar-refractivity contribution in [2.75, 3.05) is 18.4 Å². The van der Waals surface area contributed by atoms with Gasteiger partial charge in [0.05, 0.1) is 5.56 Å². The first-order chi connectivity index (χ1) is 9.88. The standard InChI is InChI=1S/C15H21FN2O3/c1-4-10(3)9-18(5-2)15(21)17-11-6-7-12(14(19)20)13(16)8-11/h6-8,10H,4-5,9H2,1-3H3,(H,17,21)(H,19,20). The summed E-state index contributed by atoms with van der Waals surface area (Å²) in [7, 11) is 0. The highest BCUT2D eigenvalue weighted by atomic mass is 19.1. The van der Waals surface area contributed by atoms with Crippen molar-refractivity contribution in [3.63, 3.8) is 0 Å². The monoisotopic (exact) mass is 296 g/mol. The summed E-state index contributed by atoms with van der Waals surface area (Å²) in [5.41, 5.74) is -0.176. The SMILES string of the molecule is CCC(C)CN(CC)C(=O)Nc1ccc(C(=O)O)c(F)c1. The summed E-state index contributed by atoms with van der Waals surface area (Å²) < 4.78 is 13.6. The number of nitrogens with zero attached hydrogens (tertiary/aromatic N) is 1. The Morgan fingerprint density at radius 1 is 1.38 bits per heavy atom. The second-order valence-electron chi connectivity index (χ2n) is 4.98. The fourth-order valence-corrected chi connectivity index (χ4v) is 1.83. The molecule has 116 valence electrons. The van der Waals surface area contributed by atoms with Crippen LogP contribution in [0.25, 0.3) is 0 Å². The molecule has 0 saturated carbocycles. The van der Waals surface area contributed by atoms with Crippen LogP contribution in [0.1, 0.15) is 37.6 Å². The van der Waals surface area contributed by atoms with Gasteiger partial charge in [-0.25, -0.2) is 14.0 Å². The van der Waals surface area contributed by atoms with E-state index in [2.05, 4.69) is 19.2 Å². The predicted molar refractivity (Wildman–Crippen MR) is 79.1 cm³/mol. The van der Waals surface area contributed by atoms with E-state index in [1.165, 1.54) is 6.07 Å². The van der Waals surface area contributed by atoms with E-state index in [9.17, 15) is 14.0 Å². The van der Waals surface area contributed by atoms with Crippen LogP contribution < -0.4 is 5.32 Å². The Balaban J connectivity index is 2.77. The molecular formula is C15H21FN2O3. The van der Waals surface area contributed by atoms with Gasteiger partial charge in [0.2, 0.25) is 0 Å². The van der Waals surface area contributed by atoms with Crippen LogP contribution in [0.4, 0.5) is 14.9 Å². The number of carboxylic acids is 1. The van der Waals surface area contributed by atoms with Crippen LogP contribution in [0.5, 0.6) is 0 Å². The molecule has 0 bridgehead atoms. The molecule has 0 radical (unpaired) electrons. The number of amides is 2. The summed E-state index contributed by atoms with van der Waals surface area (Å²) in [6.07, 6.45) is 0.964. The first-order valence-electron chi connectivity index (χ1n) is 6.97. The molecule has 0 aliphatic rings. The number of carbonyl (C=O) groups is 2. The lowest BCUT2D eigenvalue weighted by atomic mass is 10.1. The van der Waals surface area contributed by atoms with Gasteiger partial charge in [0.15, 0.2) is 0 Å². The summed E-state index contributed by atoms with van der Waals surface area (Å²) in [5.74, 6) is -1.83. The van der Waals surface area contributed by atoms with E-state index in [0.717, 1.165) is 18.6 Å². The highest BCUT2D eigenvalue weighted by Crippen LogP contribution is 2.15. The lowest BCUT2D eigenvalue weighted by molar-refractivity contribution is 0.0692. The summed E-state index contributed by atoms with van der Waals surface area (Å²) in [4.78, 5) is 24.5. The molecule has 0 saturated heterocycles. The van der Waals surface area contributed by atoms with E-state index >= 15 is 0 Å². The average molecular weight is 296 g/mol. The van der Waals surface area contributed by atoms with Crippen LogP contribution in [0.3, 0.4) is 0 Å². The van der Waals surface area contributed by atoms with E-state index in [-0.39, 0.29) is 11.7 Å². The van der Waals surface area contributed by atoms with Gasteiger partial charge >= 0.3 is 12.0 Å². The normalized spacial score (nSPS) is 11.8.